The average molecular weight is 360 g/mol. The van der Waals surface area contributed by atoms with Crippen LogP contribution in [0.3, 0.4) is 0 Å². The number of halogens is 1. The molecule has 0 spiro atoms. The molecule has 1 aromatic heterocycles. The van der Waals surface area contributed by atoms with Crippen LogP contribution >= 0.6 is 0 Å². The van der Waals surface area contributed by atoms with Crippen LogP contribution in [0.15, 0.2) is 24.5 Å². The van der Waals surface area contributed by atoms with Crippen molar-refractivity contribution in [1.29, 1.82) is 0 Å². The number of amides is 2. The summed E-state index contributed by atoms with van der Waals surface area (Å²) in [6.07, 6.45) is 2.68. The van der Waals surface area contributed by atoms with Crippen LogP contribution in [0, 0.1) is 11.2 Å². The number of anilines is 1. The lowest BCUT2D eigenvalue weighted by Crippen LogP contribution is -2.47. The summed E-state index contributed by atoms with van der Waals surface area (Å²) in [4.78, 5) is 26.8. The maximum absolute atomic E-state index is 14.1. The summed E-state index contributed by atoms with van der Waals surface area (Å²) in [5.74, 6) is -1.05. The van der Waals surface area contributed by atoms with Crippen molar-refractivity contribution in [3.8, 4) is 5.69 Å². The number of hydrogen-bond acceptors (Lipinski definition) is 5. The Balaban J connectivity index is 1.79. The van der Waals surface area contributed by atoms with Crippen LogP contribution < -0.4 is 5.32 Å². The van der Waals surface area contributed by atoms with Gasteiger partial charge in [-0.05, 0) is 41.5 Å². The third kappa shape index (κ3) is 3.56. The van der Waals surface area contributed by atoms with E-state index in [2.05, 4.69) is 20.8 Å². The predicted molar refractivity (Wildman–Crippen MR) is 91.9 cm³/mol. The number of nitrogens with one attached hydrogen (secondary N) is 1. The van der Waals surface area contributed by atoms with Crippen LogP contribution in [-0.4, -0.2) is 49.5 Å². The van der Waals surface area contributed by atoms with E-state index in [1.165, 1.54) is 29.2 Å². The van der Waals surface area contributed by atoms with Gasteiger partial charge in [-0.3, -0.25) is 9.59 Å². The Labute approximate surface area is 150 Å². The molecule has 3 rings (SSSR count). The first kappa shape index (κ1) is 18.0. The number of nitrogens with zero attached hydrogens (tertiary/aromatic N) is 5. The minimum atomic E-state index is -0.599. The molecule has 1 atom stereocenters. The molecule has 0 bridgehead atoms. The van der Waals surface area contributed by atoms with Gasteiger partial charge >= 0.3 is 0 Å². The zero-order valence-corrected chi connectivity index (χ0v) is 14.9. The number of carbonyl (C=O) groups excluding carboxylic acids is 2. The van der Waals surface area contributed by atoms with Gasteiger partial charge in [0.15, 0.2) is 0 Å². The molecule has 9 heteroatoms. The van der Waals surface area contributed by atoms with Crippen LogP contribution in [0.4, 0.5) is 10.1 Å². The highest BCUT2D eigenvalue weighted by Crippen LogP contribution is 2.27. The van der Waals surface area contributed by atoms with E-state index in [-0.39, 0.29) is 11.6 Å². The summed E-state index contributed by atoms with van der Waals surface area (Å²) in [5, 5.41) is 13.4. The van der Waals surface area contributed by atoms with Gasteiger partial charge in [0.05, 0.1) is 11.4 Å². The van der Waals surface area contributed by atoms with Gasteiger partial charge in [-0.15, -0.1) is 5.10 Å². The van der Waals surface area contributed by atoms with Crippen molar-refractivity contribution in [2.24, 2.45) is 5.41 Å². The van der Waals surface area contributed by atoms with Crippen molar-refractivity contribution in [3.05, 3.63) is 30.3 Å². The number of aromatic nitrogens is 4. The molecule has 1 N–H and O–H groups in total. The van der Waals surface area contributed by atoms with Crippen molar-refractivity contribution in [2.45, 2.75) is 39.7 Å². The Morgan fingerprint density at radius 2 is 2.08 bits per heavy atom. The number of hydrogen-bond donors (Lipinski definition) is 1. The molecule has 1 saturated heterocycles. The molecule has 1 aliphatic rings. The van der Waals surface area contributed by atoms with E-state index >= 15 is 0 Å². The maximum Gasteiger partial charge on any atom is 0.247 e. The topological polar surface area (TPSA) is 93.0 Å². The van der Waals surface area contributed by atoms with Crippen molar-refractivity contribution in [1.82, 2.24) is 25.1 Å². The summed E-state index contributed by atoms with van der Waals surface area (Å²) in [7, 11) is 0. The molecular weight excluding hydrogens is 339 g/mol. The quantitative estimate of drug-likeness (QED) is 0.901. The van der Waals surface area contributed by atoms with Gasteiger partial charge in [-0.1, -0.05) is 20.8 Å². The van der Waals surface area contributed by atoms with Crippen LogP contribution in [0.1, 0.15) is 33.6 Å². The molecule has 2 heterocycles. The van der Waals surface area contributed by atoms with E-state index in [0.29, 0.717) is 18.7 Å². The first-order valence-corrected chi connectivity index (χ1v) is 8.42. The SMILES string of the molecule is CC(C)(C)C(=O)N1CCCC1C(=O)Nc1cc(-n2cnnn2)ccc1F. The normalized spacial score (nSPS) is 17.4. The summed E-state index contributed by atoms with van der Waals surface area (Å²) in [6.45, 7) is 5.98. The van der Waals surface area contributed by atoms with E-state index in [1.807, 2.05) is 20.8 Å². The van der Waals surface area contributed by atoms with E-state index in [4.69, 9.17) is 0 Å². The van der Waals surface area contributed by atoms with Crippen molar-refractivity contribution in [2.75, 3.05) is 11.9 Å². The molecule has 1 fully saturated rings. The Kier molecular flexibility index (Phi) is 4.71. The first-order chi connectivity index (χ1) is 12.3. The third-order valence-electron chi connectivity index (χ3n) is 4.28. The molecule has 8 nitrogen and oxygen atoms in total. The van der Waals surface area contributed by atoms with Gasteiger partial charge in [0.2, 0.25) is 11.8 Å². The van der Waals surface area contributed by atoms with Crippen LogP contribution in [0.25, 0.3) is 5.69 Å². The lowest BCUT2D eigenvalue weighted by atomic mass is 9.94. The zero-order valence-electron chi connectivity index (χ0n) is 14.9. The van der Waals surface area contributed by atoms with Gasteiger partial charge in [-0.25, -0.2) is 9.07 Å². The summed E-state index contributed by atoms with van der Waals surface area (Å²) < 4.78 is 15.5. The largest absolute Gasteiger partial charge is 0.330 e. The Morgan fingerprint density at radius 1 is 1.31 bits per heavy atom. The number of rotatable bonds is 3. The summed E-state index contributed by atoms with van der Waals surface area (Å²) >= 11 is 0. The van der Waals surface area contributed by atoms with Gasteiger partial charge < -0.3 is 10.2 Å². The molecule has 1 aliphatic heterocycles. The number of benzene rings is 1. The third-order valence-corrected chi connectivity index (χ3v) is 4.28. The second-order valence-corrected chi connectivity index (χ2v) is 7.31. The second kappa shape index (κ2) is 6.81. The maximum atomic E-state index is 14.1. The van der Waals surface area contributed by atoms with Gasteiger partial charge in [-0.2, -0.15) is 0 Å². The van der Waals surface area contributed by atoms with Crippen LogP contribution in [-0.2, 0) is 9.59 Å². The number of tetrazole rings is 1. The smallest absolute Gasteiger partial charge is 0.247 e. The summed E-state index contributed by atoms with van der Waals surface area (Å²) in [5.41, 5.74) is -0.0347. The highest BCUT2D eigenvalue weighted by molar-refractivity contribution is 5.98. The van der Waals surface area contributed by atoms with Gasteiger partial charge in [0.25, 0.3) is 0 Å². The lowest BCUT2D eigenvalue weighted by Gasteiger charge is -2.30. The standard InChI is InChI=1S/C17H21FN6O2/c1-17(2,3)16(26)23-8-4-5-14(23)15(25)20-13-9-11(6-7-12(13)18)24-10-19-21-22-24/h6-7,9-10,14H,4-5,8H2,1-3H3,(H,20,25). The fraction of sp³-hybridized carbons (Fsp3) is 0.471. The average Bonchev–Trinajstić information content (AvgIpc) is 3.26. The molecular formula is C17H21FN6O2. The fourth-order valence-electron chi connectivity index (χ4n) is 2.96. The summed E-state index contributed by atoms with van der Waals surface area (Å²) in [6, 6.07) is 3.60. The molecule has 2 aromatic rings. The minimum Gasteiger partial charge on any atom is -0.330 e. The Hall–Kier alpha value is -2.84. The van der Waals surface area contributed by atoms with E-state index in [1.54, 1.807) is 4.90 Å². The highest BCUT2D eigenvalue weighted by Gasteiger charge is 2.38. The molecule has 0 radical (unpaired) electrons. The van der Waals surface area contributed by atoms with Crippen LogP contribution in [0.5, 0.6) is 0 Å². The van der Waals surface area contributed by atoms with Crippen molar-refractivity contribution >= 4 is 17.5 Å². The van der Waals surface area contributed by atoms with Gasteiger partial charge in [0.1, 0.15) is 18.2 Å². The monoisotopic (exact) mass is 360 g/mol. The molecule has 0 saturated carbocycles. The number of carbonyl (C=O) groups is 2. The molecule has 26 heavy (non-hydrogen) atoms. The predicted octanol–water partition coefficient (Wildman–Crippen LogP) is 1.78. The minimum absolute atomic E-state index is 0.0260. The molecule has 138 valence electrons. The van der Waals surface area contributed by atoms with Crippen molar-refractivity contribution in [3.63, 3.8) is 0 Å². The zero-order chi connectivity index (χ0) is 18.9. The van der Waals surface area contributed by atoms with Crippen LogP contribution in [0.2, 0.25) is 0 Å². The molecule has 0 aliphatic carbocycles. The highest BCUT2D eigenvalue weighted by atomic mass is 19.1. The molecule has 2 amide bonds. The Morgan fingerprint density at radius 3 is 2.73 bits per heavy atom. The van der Waals surface area contributed by atoms with E-state index in [9.17, 15) is 14.0 Å². The Bertz CT molecular complexity index is 815. The fourth-order valence-corrected chi connectivity index (χ4v) is 2.96. The van der Waals surface area contributed by atoms with Crippen molar-refractivity contribution < 1.29 is 14.0 Å². The lowest BCUT2D eigenvalue weighted by molar-refractivity contribution is -0.143. The van der Waals surface area contributed by atoms with E-state index < -0.39 is 23.2 Å². The first-order valence-electron chi connectivity index (χ1n) is 8.42. The molecule has 1 aromatic carbocycles. The van der Waals surface area contributed by atoms with E-state index in [0.717, 1.165) is 6.42 Å². The molecule has 1 unspecified atom stereocenters. The number of likely N-dealkylation sites (tertiary alicyclic amines) is 1. The van der Waals surface area contributed by atoms with Gasteiger partial charge in [0, 0.05) is 12.0 Å². The second-order valence-electron chi connectivity index (χ2n) is 7.31.